The lowest BCUT2D eigenvalue weighted by Crippen LogP contribution is -2.41. The third-order valence-electron chi connectivity index (χ3n) is 2.96. The lowest BCUT2D eigenvalue weighted by atomic mass is 10.1. The van der Waals surface area contributed by atoms with Crippen LogP contribution in [-0.2, 0) is 4.74 Å². The predicted molar refractivity (Wildman–Crippen MR) is 64.6 cm³/mol. The molecule has 92 valence electrons. The van der Waals surface area contributed by atoms with E-state index in [1.54, 1.807) is 18.3 Å². The minimum absolute atomic E-state index is 0.00962. The van der Waals surface area contributed by atoms with E-state index in [1.807, 2.05) is 6.92 Å². The van der Waals surface area contributed by atoms with Gasteiger partial charge in [-0.25, -0.2) is 4.98 Å². The van der Waals surface area contributed by atoms with Gasteiger partial charge >= 0.3 is 0 Å². The number of amides is 1. The van der Waals surface area contributed by atoms with Crippen molar-refractivity contribution < 1.29 is 9.53 Å². The highest BCUT2D eigenvalue weighted by Crippen LogP contribution is 2.16. The van der Waals surface area contributed by atoms with E-state index in [1.165, 1.54) is 0 Å². The van der Waals surface area contributed by atoms with Gasteiger partial charge in [0.05, 0.1) is 17.7 Å². The Bertz CT molecular complexity index is 402. The van der Waals surface area contributed by atoms with Gasteiger partial charge in [0.15, 0.2) is 0 Å². The lowest BCUT2D eigenvalue weighted by molar-refractivity contribution is 0.0712. The third kappa shape index (κ3) is 2.74. The highest BCUT2D eigenvalue weighted by molar-refractivity contribution is 5.98. The van der Waals surface area contributed by atoms with Crippen molar-refractivity contribution in [3.05, 3.63) is 23.9 Å². The smallest absolute Gasteiger partial charge is 0.255 e. The van der Waals surface area contributed by atoms with E-state index >= 15 is 0 Å². The molecule has 0 radical (unpaired) electrons. The minimum atomic E-state index is -0.196. The Kier molecular flexibility index (Phi) is 3.58. The summed E-state index contributed by atoms with van der Waals surface area (Å²) in [5, 5.41) is 2.90. The van der Waals surface area contributed by atoms with Crippen LogP contribution in [0.3, 0.4) is 0 Å². The zero-order chi connectivity index (χ0) is 12.3. The molecule has 1 aromatic rings. The minimum Gasteiger partial charge on any atom is -0.383 e. The van der Waals surface area contributed by atoms with Crippen LogP contribution in [0.25, 0.3) is 0 Å². The van der Waals surface area contributed by atoms with Crippen LogP contribution >= 0.6 is 0 Å². The quantitative estimate of drug-likeness (QED) is 0.818. The Morgan fingerprint density at radius 3 is 3.18 bits per heavy atom. The summed E-state index contributed by atoms with van der Waals surface area (Å²) >= 11 is 0. The highest BCUT2D eigenvalue weighted by Gasteiger charge is 2.24. The van der Waals surface area contributed by atoms with Crippen LogP contribution in [0.15, 0.2) is 18.3 Å². The molecule has 17 heavy (non-hydrogen) atoms. The summed E-state index contributed by atoms with van der Waals surface area (Å²) in [7, 11) is 0. The number of carbonyl (C=O) groups is 1. The second-order valence-electron chi connectivity index (χ2n) is 4.25. The summed E-state index contributed by atoms with van der Waals surface area (Å²) in [5.74, 6) is 0.0585. The first-order chi connectivity index (χ1) is 8.18. The van der Waals surface area contributed by atoms with E-state index in [9.17, 15) is 4.79 Å². The van der Waals surface area contributed by atoms with Crippen molar-refractivity contribution in [2.24, 2.45) is 0 Å². The average molecular weight is 235 g/mol. The zero-order valence-electron chi connectivity index (χ0n) is 9.85. The maximum absolute atomic E-state index is 11.9. The Hall–Kier alpha value is -1.62. The number of nitrogen functional groups attached to an aromatic ring is 1. The van der Waals surface area contributed by atoms with Crippen molar-refractivity contribution in [2.45, 2.75) is 31.9 Å². The third-order valence-corrected chi connectivity index (χ3v) is 2.96. The summed E-state index contributed by atoms with van der Waals surface area (Å²) in [6.45, 7) is 2.72. The van der Waals surface area contributed by atoms with Gasteiger partial charge < -0.3 is 15.8 Å². The van der Waals surface area contributed by atoms with Gasteiger partial charge in [-0.2, -0.15) is 0 Å². The molecular weight excluding hydrogens is 218 g/mol. The van der Waals surface area contributed by atoms with Crippen molar-refractivity contribution in [1.29, 1.82) is 0 Å². The number of hydrogen-bond acceptors (Lipinski definition) is 4. The molecule has 5 heteroatoms. The van der Waals surface area contributed by atoms with Gasteiger partial charge in [-0.1, -0.05) is 0 Å². The fraction of sp³-hybridized carbons (Fsp3) is 0.500. The molecule has 0 bridgehead atoms. The van der Waals surface area contributed by atoms with Crippen LogP contribution in [0.4, 0.5) is 5.82 Å². The zero-order valence-corrected chi connectivity index (χ0v) is 9.85. The van der Waals surface area contributed by atoms with Gasteiger partial charge in [-0.15, -0.1) is 0 Å². The molecule has 1 aromatic heterocycles. The maximum atomic E-state index is 11.9. The van der Waals surface area contributed by atoms with E-state index in [0.717, 1.165) is 19.4 Å². The molecule has 1 amide bonds. The topological polar surface area (TPSA) is 77.2 Å². The number of pyridine rings is 1. The molecule has 1 saturated heterocycles. The normalized spacial score (nSPS) is 21.1. The number of hydrogen-bond donors (Lipinski definition) is 2. The van der Waals surface area contributed by atoms with Crippen LogP contribution in [0.2, 0.25) is 0 Å². The number of aromatic nitrogens is 1. The number of nitrogens with zero attached hydrogens (tertiary/aromatic N) is 1. The van der Waals surface area contributed by atoms with Crippen molar-refractivity contribution >= 4 is 11.7 Å². The predicted octanol–water partition coefficient (Wildman–Crippen LogP) is 0.961. The number of ether oxygens (including phenoxy) is 1. The Morgan fingerprint density at radius 2 is 2.53 bits per heavy atom. The van der Waals surface area contributed by atoms with E-state index in [0.29, 0.717) is 5.56 Å². The van der Waals surface area contributed by atoms with E-state index in [2.05, 4.69) is 10.3 Å². The molecule has 0 spiro atoms. The molecule has 0 aliphatic carbocycles. The number of rotatable bonds is 3. The van der Waals surface area contributed by atoms with Crippen molar-refractivity contribution in [3.8, 4) is 0 Å². The average Bonchev–Trinajstić information content (AvgIpc) is 2.82. The first-order valence-corrected chi connectivity index (χ1v) is 5.81. The van der Waals surface area contributed by atoms with Crippen LogP contribution in [0.5, 0.6) is 0 Å². The number of nitrogens with one attached hydrogen (secondary N) is 1. The van der Waals surface area contributed by atoms with Crippen molar-refractivity contribution in [1.82, 2.24) is 10.3 Å². The standard InChI is InChI=1S/C12H17N3O2/c1-8(10-5-3-7-17-10)15-12(16)9-4-2-6-14-11(9)13/h2,4,6,8,10H,3,5,7H2,1H3,(H2,13,14)(H,15,16). The van der Waals surface area contributed by atoms with Gasteiger partial charge in [0, 0.05) is 12.8 Å². The Morgan fingerprint density at radius 1 is 1.71 bits per heavy atom. The fourth-order valence-electron chi connectivity index (χ4n) is 1.98. The van der Waals surface area contributed by atoms with E-state index in [-0.39, 0.29) is 23.9 Å². The molecule has 2 heterocycles. The largest absolute Gasteiger partial charge is 0.383 e. The van der Waals surface area contributed by atoms with Crippen LogP contribution < -0.4 is 11.1 Å². The molecule has 2 unspecified atom stereocenters. The summed E-state index contributed by atoms with van der Waals surface area (Å²) < 4.78 is 5.52. The van der Waals surface area contributed by atoms with Crippen LogP contribution in [-0.4, -0.2) is 29.6 Å². The van der Waals surface area contributed by atoms with Gasteiger partial charge in [0.25, 0.3) is 5.91 Å². The molecule has 0 aromatic carbocycles. The number of anilines is 1. The monoisotopic (exact) mass is 235 g/mol. The number of carbonyl (C=O) groups excluding carboxylic acids is 1. The summed E-state index contributed by atoms with van der Waals surface area (Å²) in [5.41, 5.74) is 6.06. The molecular formula is C12H17N3O2. The number of nitrogens with two attached hydrogens (primary N) is 1. The molecule has 0 saturated carbocycles. The van der Waals surface area contributed by atoms with Crippen molar-refractivity contribution in [3.63, 3.8) is 0 Å². The SMILES string of the molecule is CC(NC(=O)c1cccnc1N)C1CCCO1. The second kappa shape index (κ2) is 5.14. The Labute approximate surface area is 100 Å². The van der Waals surface area contributed by atoms with Gasteiger partial charge in [-0.05, 0) is 31.9 Å². The molecule has 1 aliphatic heterocycles. The van der Waals surface area contributed by atoms with Crippen molar-refractivity contribution in [2.75, 3.05) is 12.3 Å². The molecule has 1 aliphatic rings. The Balaban J connectivity index is 1.99. The van der Waals surface area contributed by atoms with Crippen LogP contribution in [0.1, 0.15) is 30.1 Å². The summed E-state index contributed by atoms with van der Waals surface area (Å²) in [6.07, 6.45) is 3.72. The first-order valence-electron chi connectivity index (χ1n) is 5.81. The summed E-state index contributed by atoms with van der Waals surface area (Å²) in [4.78, 5) is 15.8. The molecule has 2 rings (SSSR count). The summed E-state index contributed by atoms with van der Waals surface area (Å²) in [6, 6.07) is 3.35. The van der Waals surface area contributed by atoms with Gasteiger partial charge in [0.2, 0.25) is 0 Å². The highest BCUT2D eigenvalue weighted by atomic mass is 16.5. The maximum Gasteiger partial charge on any atom is 0.255 e. The molecule has 5 nitrogen and oxygen atoms in total. The lowest BCUT2D eigenvalue weighted by Gasteiger charge is -2.20. The van der Waals surface area contributed by atoms with E-state index in [4.69, 9.17) is 10.5 Å². The van der Waals surface area contributed by atoms with Gasteiger partial charge in [-0.3, -0.25) is 4.79 Å². The van der Waals surface area contributed by atoms with E-state index < -0.39 is 0 Å². The van der Waals surface area contributed by atoms with Crippen LogP contribution in [0, 0.1) is 0 Å². The second-order valence-corrected chi connectivity index (χ2v) is 4.25. The van der Waals surface area contributed by atoms with Gasteiger partial charge in [0.1, 0.15) is 5.82 Å². The molecule has 1 fully saturated rings. The fourth-order valence-corrected chi connectivity index (χ4v) is 1.98. The molecule has 2 atom stereocenters. The first kappa shape index (κ1) is 11.9. The molecule has 3 N–H and O–H groups in total.